The molecule has 0 aliphatic heterocycles. The van der Waals surface area contributed by atoms with E-state index in [9.17, 15) is 18.8 Å². The van der Waals surface area contributed by atoms with Crippen molar-refractivity contribution >= 4 is 23.4 Å². The molecule has 7 heteroatoms. The van der Waals surface area contributed by atoms with E-state index in [1.165, 1.54) is 18.2 Å². The number of benzene rings is 2. The molecule has 2 rings (SSSR count). The molecule has 2 aromatic carbocycles. The Labute approximate surface area is 157 Å². The molecule has 0 atom stereocenters. The Morgan fingerprint density at radius 3 is 2.15 bits per heavy atom. The molecule has 0 fully saturated rings. The summed E-state index contributed by atoms with van der Waals surface area (Å²) in [5, 5.41) is 7.58. The first kappa shape index (κ1) is 20.1. The van der Waals surface area contributed by atoms with Crippen molar-refractivity contribution < 1.29 is 18.8 Å². The molecule has 0 unspecified atom stereocenters. The van der Waals surface area contributed by atoms with Gasteiger partial charge in [-0.25, -0.2) is 4.39 Å². The SMILES string of the molecule is Cc1cc(C)c(NC(=O)CNC(=O)CNC(=O)c2cccc(F)c2)c(C)c1. The predicted molar refractivity (Wildman–Crippen MR) is 101 cm³/mol. The van der Waals surface area contributed by atoms with Crippen LogP contribution in [0.5, 0.6) is 0 Å². The van der Waals surface area contributed by atoms with Crippen molar-refractivity contribution in [1.82, 2.24) is 10.6 Å². The van der Waals surface area contributed by atoms with Gasteiger partial charge in [-0.2, -0.15) is 0 Å². The zero-order valence-electron chi connectivity index (χ0n) is 15.5. The number of rotatable bonds is 6. The number of hydrogen-bond donors (Lipinski definition) is 3. The normalized spacial score (nSPS) is 10.2. The minimum Gasteiger partial charge on any atom is -0.345 e. The van der Waals surface area contributed by atoms with Gasteiger partial charge in [0, 0.05) is 11.3 Å². The molecule has 142 valence electrons. The third-order valence-electron chi connectivity index (χ3n) is 3.88. The summed E-state index contributed by atoms with van der Waals surface area (Å²) in [7, 11) is 0. The van der Waals surface area contributed by atoms with E-state index in [1.807, 2.05) is 32.9 Å². The standard InChI is InChI=1S/C20H22FN3O3/c1-12-7-13(2)19(14(3)8-12)24-18(26)11-22-17(25)10-23-20(27)15-5-4-6-16(21)9-15/h4-9H,10-11H2,1-3H3,(H,22,25)(H,23,27)(H,24,26). The van der Waals surface area contributed by atoms with Crippen LogP contribution in [0.1, 0.15) is 27.0 Å². The van der Waals surface area contributed by atoms with Crippen LogP contribution < -0.4 is 16.0 Å². The highest BCUT2D eigenvalue weighted by atomic mass is 19.1. The van der Waals surface area contributed by atoms with Crippen LogP contribution in [0.2, 0.25) is 0 Å². The van der Waals surface area contributed by atoms with Crippen molar-refractivity contribution in [3.8, 4) is 0 Å². The zero-order chi connectivity index (χ0) is 20.0. The molecule has 3 amide bonds. The Kier molecular flexibility index (Phi) is 6.65. The maximum absolute atomic E-state index is 13.1. The summed E-state index contributed by atoms with van der Waals surface area (Å²) >= 11 is 0. The van der Waals surface area contributed by atoms with Crippen LogP contribution in [0.25, 0.3) is 0 Å². The van der Waals surface area contributed by atoms with Crippen molar-refractivity contribution in [3.63, 3.8) is 0 Å². The molecular weight excluding hydrogens is 349 g/mol. The fourth-order valence-corrected chi connectivity index (χ4v) is 2.69. The summed E-state index contributed by atoms with van der Waals surface area (Å²) in [5.74, 6) is -1.99. The molecule has 0 bridgehead atoms. The Bertz CT molecular complexity index is 858. The fourth-order valence-electron chi connectivity index (χ4n) is 2.69. The van der Waals surface area contributed by atoms with Crippen molar-refractivity contribution in [2.75, 3.05) is 18.4 Å². The van der Waals surface area contributed by atoms with E-state index >= 15 is 0 Å². The number of nitrogens with one attached hydrogen (secondary N) is 3. The van der Waals surface area contributed by atoms with Crippen LogP contribution in [0, 0.1) is 26.6 Å². The molecule has 2 aromatic rings. The molecule has 0 radical (unpaired) electrons. The van der Waals surface area contributed by atoms with Gasteiger partial charge in [0.15, 0.2) is 0 Å². The number of aryl methyl sites for hydroxylation is 3. The highest BCUT2D eigenvalue weighted by Gasteiger charge is 2.11. The van der Waals surface area contributed by atoms with E-state index in [0.29, 0.717) is 0 Å². The van der Waals surface area contributed by atoms with Crippen molar-refractivity contribution in [2.24, 2.45) is 0 Å². The molecule has 0 aliphatic rings. The highest BCUT2D eigenvalue weighted by molar-refractivity contribution is 5.98. The third kappa shape index (κ3) is 5.91. The Balaban J connectivity index is 1.80. The Hall–Kier alpha value is -3.22. The van der Waals surface area contributed by atoms with Gasteiger partial charge < -0.3 is 16.0 Å². The second kappa shape index (κ2) is 8.93. The lowest BCUT2D eigenvalue weighted by molar-refractivity contribution is -0.123. The van der Waals surface area contributed by atoms with Crippen LogP contribution in [-0.2, 0) is 9.59 Å². The van der Waals surface area contributed by atoms with E-state index in [4.69, 9.17) is 0 Å². The average Bonchev–Trinajstić information content (AvgIpc) is 2.60. The summed E-state index contributed by atoms with van der Waals surface area (Å²) in [5.41, 5.74) is 3.82. The summed E-state index contributed by atoms with van der Waals surface area (Å²) in [4.78, 5) is 35.7. The van der Waals surface area contributed by atoms with Crippen molar-refractivity contribution in [2.45, 2.75) is 20.8 Å². The highest BCUT2D eigenvalue weighted by Crippen LogP contribution is 2.21. The third-order valence-corrected chi connectivity index (χ3v) is 3.88. The van der Waals surface area contributed by atoms with E-state index in [1.54, 1.807) is 0 Å². The lowest BCUT2D eigenvalue weighted by Crippen LogP contribution is -2.40. The van der Waals surface area contributed by atoms with Gasteiger partial charge in [-0.15, -0.1) is 0 Å². The van der Waals surface area contributed by atoms with Crippen LogP contribution in [0.4, 0.5) is 10.1 Å². The monoisotopic (exact) mass is 371 g/mol. The zero-order valence-corrected chi connectivity index (χ0v) is 15.5. The van der Waals surface area contributed by atoms with E-state index in [-0.39, 0.29) is 24.6 Å². The lowest BCUT2D eigenvalue weighted by atomic mass is 10.1. The van der Waals surface area contributed by atoms with Crippen LogP contribution in [-0.4, -0.2) is 30.8 Å². The van der Waals surface area contributed by atoms with Crippen LogP contribution in [0.3, 0.4) is 0 Å². The van der Waals surface area contributed by atoms with Gasteiger partial charge in [-0.3, -0.25) is 14.4 Å². The first-order valence-electron chi connectivity index (χ1n) is 8.44. The van der Waals surface area contributed by atoms with Gasteiger partial charge in [0.2, 0.25) is 11.8 Å². The summed E-state index contributed by atoms with van der Waals surface area (Å²) in [6.45, 7) is 5.24. The molecule has 0 spiro atoms. The summed E-state index contributed by atoms with van der Waals surface area (Å²) in [6.07, 6.45) is 0. The number of anilines is 1. The predicted octanol–water partition coefficient (Wildman–Crippen LogP) is 2.24. The number of carbonyl (C=O) groups is 3. The first-order chi connectivity index (χ1) is 12.8. The smallest absolute Gasteiger partial charge is 0.251 e. The number of carbonyl (C=O) groups excluding carboxylic acids is 3. The van der Waals surface area contributed by atoms with Crippen LogP contribution >= 0.6 is 0 Å². The molecule has 6 nitrogen and oxygen atoms in total. The largest absolute Gasteiger partial charge is 0.345 e. The van der Waals surface area contributed by atoms with Gasteiger partial charge in [-0.1, -0.05) is 23.8 Å². The Morgan fingerprint density at radius 1 is 0.889 bits per heavy atom. The van der Waals surface area contributed by atoms with Crippen molar-refractivity contribution in [1.29, 1.82) is 0 Å². The minimum atomic E-state index is -0.569. The lowest BCUT2D eigenvalue weighted by Gasteiger charge is -2.13. The van der Waals surface area contributed by atoms with Gasteiger partial charge in [0.05, 0.1) is 13.1 Å². The molecule has 0 aliphatic carbocycles. The second-order valence-corrected chi connectivity index (χ2v) is 6.29. The maximum Gasteiger partial charge on any atom is 0.251 e. The first-order valence-corrected chi connectivity index (χ1v) is 8.44. The minimum absolute atomic E-state index is 0.117. The molecule has 0 heterocycles. The average molecular weight is 371 g/mol. The molecule has 0 saturated carbocycles. The van der Waals surface area contributed by atoms with E-state index in [0.717, 1.165) is 28.4 Å². The van der Waals surface area contributed by atoms with Crippen molar-refractivity contribution in [3.05, 3.63) is 64.5 Å². The van der Waals surface area contributed by atoms with Gasteiger partial charge >= 0.3 is 0 Å². The quantitative estimate of drug-likeness (QED) is 0.728. The summed E-state index contributed by atoms with van der Waals surface area (Å²) < 4.78 is 13.1. The fraction of sp³-hybridized carbons (Fsp3) is 0.250. The van der Waals surface area contributed by atoms with Crippen LogP contribution in [0.15, 0.2) is 36.4 Å². The topological polar surface area (TPSA) is 87.3 Å². The molecule has 3 N–H and O–H groups in total. The second-order valence-electron chi connectivity index (χ2n) is 6.29. The molecule has 27 heavy (non-hydrogen) atoms. The van der Waals surface area contributed by atoms with Gasteiger partial charge in [0.1, 0.15) is 5.82 Å². The molecular formula is C20H22FN3O3. The molecule has 0 saturated heterocycles. The van der Waals surface area contributed by atoms with E-state index in [2.05, 4.69) is 16.0 Å². The maximum atomic E-state index is 13.1. The van der Waals surface area contributed by atoms with E-state index < -0.39 is 17.6 Å². The number of halogens is 1. The Morgan fingerprint density at radius 2 is 1.52 bits per heavy atom. The number of amides is 3. The number of hydrogen-bond acceptors (Lipinski definition) is 3. The van der Waals surface area contributed by atoms with Gasteiger partial charge in [0.25, 0.3) is 5.91 Å². The van der Waals surface area contributed by atoms with Gasteiger partial charge in [-0.05, 0) is 50.1 Å². The molecule has 0 aromatic heterocycles. The summed E-state index contributed by atoms with van der Waals surface area (Å²) in [6, 6.07) is 9.07.